The van der Waals surface area contributed by atoms with E-state index in [1.165, 1.54) is 0 Å². The highest BCUT2D eigenvalue weighted by atomic mass is 16.5. The largest absolute Gasteiger partial charge is 0.489 e. The van der Waals surface area contributed by atoms with Crippen LogP contribution in [0.4, 0.5) is 0 Å². The van der Waals surface area contributed by atoms with E-state index in [0.717, 1.165) is 11.3 Å². The lowest BCUT2D eigenvalue weighted by atomic mass is 10.0. The Hall–Kier alpha value is -2.35. The highest BCUT2D eigenvalue weighted by Gasteiger charge is 2.08. The zero-order valence-corrected chi connectivity index (χ0v) is 10.9. The summed E-state index contributed by atoms with van der Waals surface area (Å²) in [5.74, 6) is 0.764. The van der Waals surface area contributed by atoms with Crippen LogP contribution in [0.5, 0.6) is 5.75 Å². The fourth-order valence-electron chi connectivity index (χ4n) is 1.67. The van der Waals surface area contributed by atoms with Gasteiger partial charge in [0, 0.05) is 11.1 Å². The third-order valence-electron chi connectivity index (χ3n) is 2.64. The van der Waals surface area contributed by atoms with Gasteiger partial charge in [0.2, 0.25) is 0 Å². The van der Waals surface area contributed by atoms with Crippen molar-refractivity contribution in [3.05, 3.63) is 77.9 Å². The van der Waals surface area contributed by atoms with Crippen LogP contribution in [0.2, 0.25) is 0 Å². The van der Waals surface area contributed by atoms with E-state index in [9.17, 15) is 4.79 Å². The van der Waals surface area contributed by atoms with Crippen LogP contribution in [-0.4, -0.2) is 12.4 Å². The molecule has 0 amide bonds. The summed E-state index contributed by atoms with van der Waals surface area (Å²) in [4.78, 5) is 12.2. The number of hydrogen-bond donors (Lipinski definition) is 0. The molecule has 2 aromatic rings. The Morgan fingerprint density at radius 2 is 1.58 bits per heavy atom. The topological polar surface area (TPSA) is 26.3 Å². The fraction of sp³-hybridized carbons (Fsp3) is 0.118. The highest BCUT2D eigenvalue weighted by Crippen LogP contribution is 2.15. The molecule has 0 unspecified atom stereocenters. The lowest BCUT2D eigenvalue weighted by molar-refractivity contribution is 0.103. The van der Waals surface area contributed by atoms with Crippen molar-refractivity contribution < 1.29 is 9.53 Å². The highest BCUT2D eigenvalue weighted by molar-refractivity contribution is 6.08. The van der Waals surface area contributed by atoms with Gasteiger partial charge in [0.25, 0.3) is 0 Å². The quantitative estimate of drug-likeness (QED) is 0.596. The molecular weight excluding hydrogens is 236 g/mol. The van der Waals surface area contributed by atoms with E-state index in [2.05, 4.69) is 6.58 Å². The van der Waals surface area contributed by atoms with E-state index < -0.39 is 0 Å². The van der Waals surface area contributed by atoms with E-state index in [4.69, 9.17) is 4.74 Å². The lowest BCUT2D eigenvalue weighted by Crippen LogP contribution is -2.01. The van der Waals surface area contributed by atoms with E-state index >= 15 is 0 Å². The zero-order valence-electron chi connectivity index (χ0n) is 10.9. The number of carbonyl (C=O) groups is 1. The monoisotopic (exact) mass is 252 g/mol. The lowest BCUT2D eigenvalue weighted by Gasteiger charge is -2.06. The number of benzene rings is 2. The summed E-state index contributed by atoms with van der Waals surface area (Å²) in [7, 11) is 0. The Balaban J connectivity index is 2.10. The first-order valence-electron chi connectivity index (χ1n) is 6.14. The van der Waals surface area contributed by atoms with Crippen molar-refractivity contribution in [2.24, 2.45) is 0 Å². The smallest absolute Gasteiger partial charge is 0.193 e. The number of hydrogen-bond acceptors (Lipinski definition) is 2. The zero-order chi connectivity index (χ0) is 13.7. The van der Waals surface area contributed by atoms with Crippen LogP contribution < -0.4 is 4.74 Å². The van der Waals surface area contributed by atoms with Crippen LogP contribution in [-0.2, 0) is 0 Å². The van der Waals surface area contributed by atoms with Gasteiger partial charge in [0.15, 0.2) is 5.78 Å². The maximum atomic E-state index is 12.2. The van der Waals surface area contributed by atoms with Crippen molar-refractivity contribution in [2.75, 3.05) is 6.61 Å². The summed E-state index contributed by atoms with van der Waals surface area (Å²) in [5.41, 5.74) is 2.32. The van der Waals surface area contributed by atoms with Crippen molar-refractivity contribution >= 4 is 5.78 Å². The van der Waals surface area contributed by atoms with Crippen molar-refractivity contribution in [1.82, 2.24) is 0 Å². The predicted octanol–water partition coefficient (Wildman–Crippen LogP) is 3.87. The van der Waals surface area contributed by atoms with Crippen LogP contribution >= 0.6 is 0 Å². The Bertz CT molecular complexity index is 568. The van der Waals surface area contributed by atoms with Gasteiger partial charge in [-0.3, -0.25) is 4.79 Å². The summed E-state index contributed by atoms with van der Waals surface area (Å²) < 4.78 is 5.50. The van der Waals surface area contributed by atoms with Crippen molar-refractivity contribution in [2.45, 2.75) is 6.92 Å². The molecule has 0 bridgehead atoms. The minimum atomic E-state index is 0.0204. The Morgan fingerprint density at radius 3 is 2.16 bits per heavy atom. The van der Waals surface area contributed by atoms with Gasteiger partial charge in [-0.2, -0.15) is 0 Å². The van der Waals surface area contributed by atoms with Crippen LogP contribution in [0.1, 0.15) is 22.8 Å². The Labute approximate surface area is 113 Å². The minimum absolute atomic E-state index is 0.0204. The molecule has 96 valence electrons. The molecular formula is C17H16O2. The number of carbonyl (C=O) groups excluding carboxylic acids is 1. The van der Waals surface area contributed by atoms with E-state index in [1.54, 1.807) is 24.3 Å². The normalized spacial score (nSPS) is 9.95. The third kappa shape index (κ3) is 3.55. The maximum absolute atomic E-state index is 12.2. The molecule has 0 saturated heterocycles. The first-order valence-corrected chi connectivity index (χ1v) is 6.14. The van der Waals surface area contributed by atoms with Crippen molar-refractivity contribution in [1.29, 1.82) is 0 Å². The second-order valence-corrected chi connectivity index (χ2v) is 4.47. The van der Waals surface area contributed by atoms with E-state index in [1.807, 2.05) is 37.3 Å². The summed E-state index contributed by atoms with van der Waals surface area (Å²) in [6, 6.07) is 16.4. The van der Waals surface area contributed by atoms with Gasteiger partial charge in [-0.1, -0.05) is 36.9 Å². The molecule has 2 aromatic carbocycles. The Morgan fingerprint density at radius 1 is 1.00 bits per heavy atom. The molecule has 0 aliphatic heterocycles. The minimum Gasteiger partial charge on any atom is -0.489 e. The first-order chi connectivity index (χ1) is 9.16. The van der Waals surface area contributed by atoms with E-state index in [0.29, 0.717) is 17.7 Å². The average molecular weight is 252 g/mol. The van der Waals surface area contributed by atoms with Crippen molar-refractivity contribution in [3.8, 4) is 5.75 Å². The van der Waals surface area contributed by atoms with Gasteiger partial charge in [-0.05, 0) is 36.8 Å². The fourth-order valence-corrected chi connectivity index (χ4v) is 1.67. The molecule has 0 radical (unpaired) electrons. The van der Waals surface area contributed by atoms with Gasteiger partial charge in [0.05, 0.1) is 0 Å². The van der Waals surface area contributed by atoms with Gasteiger partial charge in [-0.25, -0.2) is 0 Å². The molecule has 0 N–H and O–H groups in total. The summed E-state index contributed by atoms with van der Waals surface area (Å²) in [6.45, 7) is 6.18. The third-order valence-corrected chi connectivity index (χ3v) is 2.64. The summed E-state index contributed by atoms with van der Waals surface area (Å²) in [6.07, 6.45) is 0. The molecule has 19 heavy (non-hydrogen) atoms. The van der Waals surface area contributed by atoms with Gasteiger partial charge in [0.1, 0.15) is 12.4 Å². The molecule has 0 fully saturated rings. The second-order valence-electron chi connectivity index (χ2n) is 4.47. The van der Waals surface area contributed by atoms with Crippen LogP contribution in [0.25, 0.3) is 0 Å². The molecule has 0 saturated carbocycles. The van der Waals surface area contributed by atoms with Gasteiger partial charge >= 0.3 is 0 Å². The van der Waals surface area contributed by atoms with E-state index in [-0.39, 0.29) is 5.78 Å². The predicted molar refractivity (Wildman–Crippen MR) is 76.6 cm³/mol. The maximum Gasteiger partial charge on any atom is 0.193 e. The molecule has 2 heteroatoms. The number of ether oxygens (including phenoxy) is 1. The number of ketones is 1. The molecule has 2 nitrogen and oxygen atoms in total. The Kier molecular flexibility index (Phi) is 4.14. The van der Waals surface area contributed by atoms with Crippen molar-refractivity contribution in [3.63, 3.8) is 0 Å². The SMILES string of the molecule is C=C(C)COc1ccc(C(=O)c2ccccc2)cc1. The molecule has 0 spiro atoms. The molecule has 0 atom stereocenters. The second kappa shape index (κ2) is 6.01. The summed E-state index contributed by atoms with van der Waals surface area (Å²) >= 11 is 0. The van der Waals surface area contributed by atoms with Crippen LogP contribution in [0, 0.1) is 0 Å². The van der Waals surface area contributed by atoms with Crippen LogP contribution in [0.3, 0.4) is 0 Å². The van der Waals surface area contributed by atoms with Gasteiger partial charge < -0.3 is 4.74 Å². The average Bonchev–Trinajstić information content (AvgIpc) is 2.46. The number of rotatable bonds is 5. The standard InChI is InChI=1S/C17H16O2/c1-13(2)12-19-16-10-8-15(9-11-16)17(18)14-6-4-3-5-7-14/h3-11H,1,12H2,2H3. The molecule has 0 aromatic heterocycles. The molecule has 0 aliphatic carbocycles. The molecule has 0 heterocycles. The van der Waals surface area contributed by atoms with Crippen LogP contribution in [0.15, 0.2) is 66.7 Å². The molecule has 0 aliphatic rings. The summed E-state index contributed by atoms with van der Waals surface area (Å²) in [5, 5.41) is 0. The van der Waals surface area contributed by atoms with Gasteiger partial charge in [-0.15, -0.1) is 0 Å². The first kappa shape index (κ1) is 13.1. The molecule has 2 rings (SSSR count).